The Hall–Kier alpha value is -4.54. The maximum atomic E-state index is 13.6. The maximum Gasteiger partial charge on any atom is 0.264 e. The average Bonchev–Trinajstić information content (AvgIpc) is 3.00. The molecule has 4 rings (SSSR count). The van der Waals surface area contributed by atoms with E-state index < -0.39 is 22.5 Å². The molecule has 0 saturated carbocycles. The monoisotopic (exact) mass is 621 g/mol. The predicted molar refractivity (Wildman–Crippen MR) is 168 cm³/mol. The van der Waals surface area contributed by atoms with E-state index in [2.05, 4.69) is 10.5 Å². The van der Waals surface area contributed by atoms with Crippen molar-refractivity contribution in [2.75, 3.05) is 24.6 Å². The number of carbonyl (C=O) groups excluding carboxylic acids is 1. The molecule has 224 valence electrons. The predicted octanol–water partition coefficient (Wildman–Crippen LogP) is 5.98. The molecule has 0 atom stereocenters. The van der Waals surface area contributed by atoms with Gasteiger partial charge in [0.1, 0.15) is 18.9 Å². The molecule has 0 unspecified atom stereocenters. The lowest BCUT2D eigenvalue weighted by molar-refractivity contribution is -0.119. The van der Waals surface area contributed by atoms with Crippen LogP contribution in [0.5, 0.6) is 17.2 Å². The summed E-state index contributed by atoms with van der Waals surface area (Å²) in [6.07, 6.45) is 1.44. The minimum atomic E-state index is -4.08. The zero-order valence-corrected chi connectivity index (χ0v) is 25.6. The Kier molecular flexibility index (Phi) is 10.6. The van der Waals surface area contributed by atoms with Crippen molar-refractivity contribution in [3.8, 4) is 17.2 Å². The third kappa shape index (κ3) is 8.50. The van der Waals surface area contributed by atoms with E-state index in [1.165, 1.54) is 25.5 Å². The van der Waals surface area contributed by atoms with Crippen LogP contribution in [0.4, 0.5) is 5.69 Å². The first-order chi connectivity index (χ1) is 20.7. The molecule has 4 aromatic carbocycles. The fourth-order valence-electron chi connectivity index (χ4n) is 4.00. The molecule has 1 N–H and O–H groups in total. The van der Waals surface area contributed by atoms with Gasteiger partial charge in [-0.25, -0.2) is 13.8 Å². The lowest BCUT2D eigenvalue weighted by Gasteiger charge is -2.24. The molecule has 11 heteroatoms. The summed E-state index contributed by atoms with van der Waals surface area (Å²) in [5.74, 6) is 0.877. The molecule has 0 aliphatic carbocycles. The molecular formula is C32H32ClN3O6S. The Balaban J connectivity index is 1.48. The minimum Gasteiger partial charge on any atom is -0.497 e. The molecule has 9 nitrogen and oxygen atoms in total. The van der Waals surface area contributed by atoms with Gasteiger partial charge in [-0.2, -0.15) is 5.10 Å². The number of anilines is 1. The molecule has 0 bridgehead atoms. The van der Waals surface area contributed by atoms with Gasteiger partial charge in [0.05, 0.1) is 30.5 Å². The second kappa shape index (κ2) is 14.6. The van der Waals surface area contributed by atoms with Gasteiger partial charge in [0.25, 0.3) is 15.9 Å². The van der Waals surface area contributed by atoms with E-state index in [9.17, 15) is 13.2 Å². The van der Waals surface area contributed by atoms with Crippen LogP contribution in [0, 0.1) is 6.92 Å². The Bertz CT molecular complexity index is 1680. The fraction of sp³-hybridized carbons (Fsp3) is 0.188. The zero-order valence-electron chi connectivity index (χ0n) is 24.0. The molecule has 0 aliphatic rings. The van der Waals surface area contributed by atoms with E-state index in [0.29, 0.717) is 41.0 Å². The van der Waals surface area contributed by atoms with Crippen molar-refractivity contribution in [1.82, 2.24) is 5.43 Å². The van der Waals surface area contributed by atoms with Crippen molar-refractivity contribution in [2.45, 2.75) is 25.3 Å². The van der Waals surface area contributed by atoms with Gasteiger partial charge >= 0.3 is 0 Å². The molecule has 1 amide bonds. The zero-order chi connectivity index (χ0) is 30.8. The van der Waals surface area contributed by atoms with E-state index in [-0.39, 0.29) is 10.6 Å². The number of benzene rings is 4. The van der Waals surface area contributed by atoms with Gasteiger partial charge in [-0.05, 0) is 79.6 Å². The smallest absolute Gasteiger partial charge is 0.264 e. The molecule has 0 spiro atoms. The quantitative estimate of drug-likeness (QED) is 0.145. The summed E-state index contributed by atoms with van der Waals surface area (Å²) < 4.78 is 45.2. The number of sulfonamides is 1. The van der Waals surface area contributed by atoms with E-state index in [0.717, 1.165) is 15.4 Å². The van der Waals surface area contributed by atoms with E-state index in [1.807, 2.05) is 26.0 Å². The Morgan fingerprint density at radius 1 is 0.953 bits per heavy atom. The number of halogens is 1. The van der Waals surface area contributed by atoms with Crippen LogP contribution in [0.25, 0.3) is 0 Å². The number of amides is 1. The highest BCUT2D eigenvalue weighted by atomic mass is 35.5. The molecule has 0 radical (unpaired) electrons. The van der Waals surface area contributed by atoms with Crippen molar-refractivity contribution in [2.24, 2.45) is 5.10 Å². The number of rotatable bonds is 13. The normalized spacial score (nSPS) is 11.3. The molecule has 0 saturated heterocycles. The van der Waals surface area contributed by atoms with Crippen molar-refractivity contribution >= 4 is 39.4 Å². The first-order valence-corrected chi connectivity index (χ1v) is 15.2. The summed E-state index contributed by atoms with van der Waals surface area (Å²) in [6.45, 7) is 3.96. The number of carbonyl (C=O) groups is 1. The van der Waals surface area contributed by atoms with Crippen LogP contribution < -0.4 is 23.9 Å². The van der Waals surface area contributed by atoms with Crippen molar-refractivity contribution < 1.29 is 27.4 Å². The van der Waals surface area contributed by atoms with E-state index in [1.54, 1.807) is 66.7 Å². The summed E-state index contributed by atoms with van der Waals surface area (Å²) >= 11 is 5.95. The lowest BCUT2D eigenvalue weighted by Crippen LogP contribution is -2.39. The van der Waals surface area contributed by atoms with Crippen molar-refractivity contribution in [3.63, 3.8) is 0 Å². The second-order valence-corrected chi connectivity index (χ2v) is 11.7. The first-order valence-electron chi connectivity index (χ1n) is 13.4. The van der Waals surface area contributed by atoms with Crippen LogP contribution >= 0.6 is 11.6 Å². The van der Waals surface area contributed by atoms with Crippen LogP contribution in [0.3, 0.4) is 0 Å². The van der Waals surface area contributed by atoms with Crippen LogP contribution in [0.1, 0.15) is 23.6 Å². The molecule has 0 heterocycles. The number of hydrogen-bond donors (Lipinski definition) is 1. The average molecular weight is 622 g/mol. The molecular weight excluding hydrogens is 590 g/mol. The van der Waals surface area contributed by atoms with E-state index >= 15 is 0 Å². The van der Waals surface area contributed by atoms with Gasteiger partial charge in [0.2, 0.25) is 0 Å². The second-order valence-electron chi connectivity index (χ2n) is 9.37. The largest absolute Gasteiger partial charge is 0.497 e. The first kappa shape index (κ1) is 31.4. The van der Waals surface area contributed by atoms with Gasteiger partial charge in [-0.1, -0.05) is 47.5 Å². The SMILES string of the molecule is CCOc1cc(/C=N\NC(=O)CN(c2cccc(OC)c2)S(=O)(=O)c2ccc(C)cc2)ccc1OCc1ccc(Cl)cc1. The lowest BCUT2D eigenvalue weighted by atomic mass is 10.2. The molecule has 0 fully saturated rings. The Morgan fingerprint density at radius 3 is 2.40 bits per heavy atom. The molecule has 0 aromatic heterocycles. The summed E-state index contributed by atoms with van der Waals surface area (Å²) in [6, 6.07) is 25.5. The number of nitrogens with one attached hydrogen (secondary N) is 1. The van der Waals surface area contributed by atoms with Crippen LogP contribution in [0.2, 0.25) is 5.02 Å². The van der Waals surface area contributed by atoms with Gasteiger partial charge in [0, 0.05) is 11.1 Å². The van der Waals surface area contributed by atoms with Crippen LogP contribution in [0.15, 0.2) is 101 Å². The number of hydrazone groups is 1. The minimum absolute atomic E-state index is 0.0547. The number of aryl methyl sites for hydroxylation is 1. The molecule has 43 heavy (non-hydrogen) atoms. The van der Waals surface area contributed by atoms with Crippen molar-refractivity contribution in [3.05, 3.63) is 113 Å². The third-order valence-electron chi connectivity index (χ3n) is 6.22. The van der Waals surface area contributed by atoms with Gasteiger partial charge in [-0.3, -0.25) is 9.10 Å². The highest BCUT2D eigenvalue weighted by molar-refractivity contribution is 7.92. The van der Waals surface area contributed by atoms with Crippen LogP contribution in [-0.2, 0) is 21.4 Å². The maximum absolute atomic E-state index is 13.6. The van der Waals surface area contributed by atoms with Gasteiger partial charge in [-0.15, -0.1) is 0 Å². The highest BCUT2D eigenvalue weighted by Crippen LogP contribution is 2.29. The number of methoxy groups -OCH3 is 1. The Morgan fingerprint density at radius 2 is 1.70 bits per heavy atom. The summed E-state index contributed by atoms with van der Waals surface area (Å²) in [7, 11) is -2.60. The number of ether oxygens (including phenoxy) is 3. The highest BCUT2D eigenvalue weighted by Gasteiger charge is 2.27. The topological polar surface area (TPSA) is 107 Å². The Labute approximate surface area is 256 Å². The summed E-state index contributed by atoms with van der Waals surface area (Å²) in [5, 5.41) is 4.69. The standard InChI is InChI=1S/C32H32ClN3O6S/c1-4-41-31-18-25(12-17-30(31)42-22-24-10-13-26(33)14-11-24)20-34-35-32(37)21-36(27-6-5-7-28(19-27)40-3)43(38,39)29-15-8-23(2)9-16-29/h5-20H,4,21-22H2,1-3H3,(H,35,37)/b34-20-. The molecule has 4 aromatic rings. The van der Waals surface area contributed by atoms with Gasteiger partial charge in [0.15, 0.2) is 11.5 Å². The third-order valence-corrected chi connectivity index (χ3v) is 8.26. The molecule has 0 aliphatic heterocycles. The fourth-order valence-corrected chi connectivity index (χ4v) is 5.54. The number of hydrogen-bond acceptors (Lipinski definition) is 7. The summed E-state index contributed by atoms with van der Waals surface area (Å²) in [4.78, 5) is 13.0. The van der Waals surface area contributed by atoms with Gasteiger partial charge < -0.3 is 14.2 Å². The van der Waals surface area contributed by atoms with E-state index in [4.69, 9.17) is 25.8 Å². The van der Waals surface area contributed by atoms with Crippen LogP contribution in [-0.4, -0.2) is 40.8 Å². The summed E-state index contributed by atoms with van der Waals surface area (Å²) in [5.41, 5.74) is 5.19. The van der Waals surface area contributed by atoms with Crippen molar-refractivity contribution in [1.29, 1.82) is 0 Å². The number of nitrogens with zero attached hydrogens (tertiary/aromatic N) is 2.